The monoisotopic (exact) mass is 346 g/mol. The quantitative estimate of drug-likeness (QED) is 0.773. The SMILES string of the molecule is O=C(C1Cc2ccccc2O1)N1CCc2nc(-c3cccnc3)[nH]c2C1. The zero-order valence-electron chi connectivity index (χ0n) is 14.2. The number of amides is 1. The van der Waals surface area contributed by atoms with Crippen LogP contribution in [0.3, 0.4) is 0 Å². The Morgan fingerprint density at radius 1 is 1.23 bits per heavy atom. The first kappa shape index (κ1) is 15.1. The molecule has 1 unspecified atom stereocenters. The van der Waals surface area contributed by atoms with Gasteiger partial charge in [0.2, 0.25) is 0 Å². The van der Waals surface area contributed by atoms with E-state index in [1.54, 1.807) is 12.4 Å². The highest BCUT2D eigenvalue weighted by Gasteiger charge is 2.34. The van der Waals surface area contributed by atoms with E-state index in [9.17, 15) is 4.79 Å². The molecule has 2 aliphatic heterocycles. The van der Waals surface area contributed by atoms with Gasteiger partial charge in [-0.25, -0.2) is 4.98 Å². The lowest BCUT2D eigenvalue weighted by molar-refractivity contribution is -0.138. The van der Waals surface area contributed by atoms with Gasteiger partial charge >= 0.3 is 0 Å². The fourth-order valence-electron chi connectivity index (χ4n) is 3.64. The zero-order chi connectivity index (χ0) is 17.5. The van der Waals surface area contributed by atoms with Crippen LogP contribution in [-0.2, 0) is 24.2 Å². The van der Waals surface area contributed by atoms with Gasteiger partial charge < -0.3 is 14.6 Å². The predicted octanol–water partition coefficient (Wildman–Crippen LogP) is 2.36. The minimum Gasteiger partial charge on any atom is -0.480 e. The molecule has 1 N–H and O–H groups in total. The Morgan fingerprint density at radius 3 is 3.00 bits per heavy atom. The summed E-state index contributed by atoms with van der Waals surface area (Å²) in [5.74, 6) is 1.68. The topological polar surface area (TPSA) is 71.1 Å². The summed E-state index contributed by atoms with van der Waals surface area (Å²) in [5, 5.41) is 0. The van der Waals surface area contributed by atoms with E-state index in [0.717, 1.165) is 40.5 Å². The van der Waals surface area contributed by atoms with Crippen molar-refractivity contribution in [3.05, 3.63) is 65.7 Å². The van der Waals surface area contributed by atoms with E-state index in [1.165, 1.54) is 0 Å². The Hall–Kier alpha value is -3.15. The smallest absolute Gasteiger partial charge is 0.264 e. The summed E-state index contributed by atoms with van der Waals surface area (Å²) in [6.07, 6.45) is 4.50. The minimum atomic E-state index is -0.422. The molecule has 130 valence electrons. The fourth-order valence-corrected chi connectivity index (χ4v) is 3.64. The molecule has 4 heterocycles. The van der Waals surface area contributed by atoms with Crippen LogP contribution < -0.4 is 4.74 Å². The molecule has 0 radical (unpaired) electrons. The summed E-state index contributed by atoms with van der Waals surface area (Å²) >= 11 is 0. The molecule has 0 fully saturated rings. The van der Waals surface area contributed by atoms with Gasteiger partial charge in [-0.1, -0.05) is 18.2 Å². The van der Waals surface area contributed by atoms with Crippen LogP contribution in [0.5, 0.6) is 5.75 Å². The lowest BCUT2D eigenvalue weighted by atomic mass is 10.1. The molecule has 0 saturated heterocycles. The third-order valence-corrected chi connectivity index (χ3v) is 5.00. The van der Waals surface area contributed by atoms with E-state index in [-0.39, 0.29) is 5.91 Å². The third kappa shape index (κ3) is 2.54. The van der Waals surface area contributed by atoms with Gasteiger partial charge in [0.05, 0.1) is 17.9 Å². The fraction of sp³-hybridized carbons (Fsp3) is 0.250. The van der Waals surface area contributed by atoms with Crippen LogP contribution in [0, 0.1) is 0 Å². The molecule has 26 heavy (non-hydrogen) atoms. The number of pyridine rings is 1. The number of H-pyrrole nitrogens is 1. The summed E-state index contributed by atoms with van der Waals surface area (Å²) in [4.78, 5) is 27.0. The molecule has 6 nitrogen and oxygen atoms in total. The lowest BCUT2D eigenvalue weighted by Crippen LogP contribution is -2.43. The van der Waals surface area contributed by atoms with Crippen LogP contribution in [-0.4, -0.2) is 38.4 Å². The van der Waals surface area contributed by atoms with E-state index < -0.39 is 6.10 Å². The van der Waals surface area contributed by atoms with E-state index >= 15 is 0 Å². The molecular formula is C20H18N4O2. The van der Waals surface area contributed by atoms with Gasteiger partial charge in [0.1, 0.15) is 11.6 Å². The Bertz CT molecular complexity index is 942. The van der Waals surface area contributed by atoms with E-state index in [1.807, 2.05) is 41.3 Å². The zero-order valence-corrected chi connectivity index (χ0v) is 14.2. The number of carbonyl (C=O) groups excluding carboxylic acids is 1. The normalized spacial score (nSPS) is 18.2. The molecule has 1 aromatic carbocycles. The maximum Gasteiger partial charge on any atom is 0.264 e. The second-order valence-electron chi connectivity index (χ2n) is 6.68. The molecule has 2 aliphatic rings. The maximum atomic E-state index is 12.9. The number of imidazole rings is 1. The maximum absolute atomic E-state index is 12.9. The van der Waals surface area contributed by atoms with Crippen molar-refractivity contribution >= 4 is 5.91 Å². The molecule has 0 saturated carbocycles. The Balaban J connectivity index is 1.33. The number of benzene rings is 1. The summed E-state index contributed by atoms with van der Waals surface area (Å²) in [6.45, 7) is 1.21. The summed E-state index contributed by atoms with van der Waals surface area (Å²) in [5.41, 5.74) is 4.08. The number of hydrogen-bond acceptors (Lipinski definition) is 4. The average Bonchev–Trinajstić information content (AvgIpc) is 3.31. The highest BCUT2D eigenvalue weighted by Crippen LogP contribution is 2.30. The molecule has 5 rings (SSSR count). The van der Waals surface area contributed by atoms with Gasteiger partial charge in [-0.05, 0) is 23.8 Å². The van der Waals surface area contributed by atoms with Crippen LogP contribution in [0.2, 0.25) is 0 Å². The van der Waals surface area contributed by atoms with Gasteiger partial charge in [0.25, 0.3) is 5.91 Å². The average molecular weight is 346 g/mol. The Kier molecular flexibility index (Phi) is 3.48. The van der Waals surface area contributed by atoms with Crippen molar-refractivity contribution in [2.45, 2.75) is 25.5 Å². The van der Waals surface area contributed by atoms with Gasteiger partial charge in [-0.2, -0.15) is 0 Å². The molecule has 1 amide bonds. The van der Waals surface area contributed by atoms with E-state index in [0.29, 0.717) is 19.5 Å². The summed E-state index contributed by atoms with van der Waals surface area (Å²) in [6, 6.07) is 11.7. The van der Waals surface area contributed by atoms with E-state index in [2.05, 4.69) is 15.0 Å². The highest BCUT2D eigenvalue weighted by atomic mass is 16.5. The first-order valence-electron chi connectivity index (χ1n) is 8.79. The second kappa shape index (κ2) is 5.98. The van der Waals surface area contributed by atoms with Gasteiger partial charge in [0, 0.05) is 37.3 Å². The molecule has 0 spiro atoms. The van der Waals surface area contributed by atoms with Crippen molar-refractivity contribution in [2.24, 2.45) is 0 Å². The third-order valence-electron chi connectivity index (χ3n) is 5.00. The van der Waals surface area contributed by atoms with Crippen LogP contribution in [0.25, 0.3) is 11.4 Å². The number of nitrogens with one attached hydrogen (secondary N) is 1. The molecule has 0 aliphatic carbocycles. The standard InChI is InChI=1S/C20H18N4O2/c25-20(18-10-13-4-1-2-6-17(13)26-18)24-9-7-15-16(12-24)23-19(22-15)14-5-3-8-21-11-14/h1-6,8,11,18H,7,9-10,12H2,(H,22,23). The summed E-state index contributed by atoms with van der Waals surface area (Å²) in [7, 11) is 0. The summed E-state index contributed by atoms with van der Waals surface area (Å²) < 4.78 is 5.86. The number of hydrogen-bond donors (Lipinski definition) is 1. The highest BCUT2D eigenvalue weighted by molar-refractivity contribution is 5.83. The van der Waals surface area contributed by atoms with Crippen molar-refractivity contribution < 1.29 is 9.53 Å². The molecule has 3 aromatic rings. The number of ether oxygens (including phenoxy) is 1. The van der Waals surface area contributed by atoms with Crippen molar-refractivity contribution in [3.63, 3.8) is 0 Å². The van der Waals surface area contributed by atoms with Crippen molar-refractivity contribution in [1.29, 1.82) is 0 Å². The number of carbonyl (C=O) groups is 1. The van der Waals surface area contributed by atoms with Crippen LogP contribution in [0.15, 0.2) is 48.8 Å². The van der Waals surface area contributed by atoms with Crippen LogP contribution >= 0.6 is 0 Å². The Morgan fingerprint density at radius 2 is 2.15 bits per heavy atom. The molecule has 0 bridgehead atoms. The number of nitrogens with zero attached hydrogens (tertiary/aromatic N) is 3. The lowest BCUT2D eigenvalue weighted by Gasteiger charge is -2.28. The number of aromatic nitrogens is 3. The first-order chi connectivity index (χ1) is 12.8. The van der Waals surface area contributed by atoms with Crippen LogP contribution in [0.4, 0.5) is 0 Å². The van der Waals surface area contributed by atoms with Crippen molar-refractivity contribution in [1.82, 2.24) is 19.9 Å². The number of rotatable bonds is 2. The number of aromatic amines is 1. The Labute approximate surface area is 150 Å². The number of fused-ring (bicyclic) bond motifs is 2. The van der Waals surface area contributed by atoms with Crippen molar-refractivity contribution in [2.75, 3.05) is 6.54 Å². The van der Waals surface area contributed by atoms with Gasteiger partial charge in [-0.15, -0.1) is 0 Å². The molecule has 2 aromatic heterocycles. The molecular weight excluding hydrogens is 328 g/mol. The van der Waals surface area contributed by atoms with E-state index in [4.69, 9.17) is 4.74 Å². The van der Waals surface area contributed by atoms with Crippen LogP contribution in [0.1, 0.15) is 17.0 Å². The first-order valence-corrected chi connectivity index (χ1v) is 8.79. The van der Waals surface area contributed by atoms with Crippen molar-refractivity contribution in [3.8, 4) is 17.1 Å². The van der Waals surface area contributed by atoms with Gasteiger partial charge in [-0.3, -0.25) is 9.78 Å². The minimum absolute atomic E-state index is 0.0457. The van der Waals surface area contributed by atoms with Gasteiger partial charge in [0.15, 0.2) is 6.10 Å². The number of para-hydroxylation sites is 1. The second-order valence-corrected chi connectivity index (χ2v) is 6.68. The molecule has 6 heteroatoms. The predicted molar refractivity (Wildman–Crippen MR) is 95.5 cm³/mol. The molecule has 1 atom stereocenters. The largest absolute Gasteiger partial charge is 0.480 e.